The first-order valence-electron chi connectivity index (χ1n) is 17.8. The molecule has 6 rings (SSSR count). The van der Waals surface area contributed by atoms with Gasteiger partial charge in [0.25, 0.3) is 0 Å². The molecule has 0 spiro atoms. The van der Waals surface area contributed by atoms with E-state index in [1.54, 1.807) is 0 Å². The number of hydrogen-bond donors (Lipinski definition) is 1. The second-order valence-electron chi connectivity index (χ2n) is 14.4. The van der Waals surface area contributed by atoms with Crippen molar-refractivity contribution >= 4 is 49.3 Å². The maximum atomic E-state index is 12.3. The first-order chi connectivity index (χ1) is 22.6. The van der Waals surface area contributed by atoms with E-state index in [9.17, 15) is 4.79 Å². The van der Waals surface area contributed by atoms with Crippen LogP contribution in [-0.2, 0) is 17.8 Å². The molecule has 0 bridgehead atoms. The van der Waals surface area contributed by atoms with Crippen molar-refractivity contribution in [1.82, 2.24) is 20.0 Å². The van der Waals surface area contributed by atoms with Gasteiger partial charge in [0.15, 0.2) is 0 Å². The van der Waals surface area contributed by atoms with Gasteiger partial charge in [-0.3, -0.25) is 9.80 Å². The van der Waals surface area contributed by atoms with Crippen LogP contribution in [-0.4, -0.2) is 105 Å². The fourth-order valence-electron chi connectivity index (χ4n) is 6.97. The molecule has 8 nitrogen and oxygen atoms in total. The normalized spacial score (nSPS) is 20.1. The number of ether oxygens (including phenoxy) is 1. The Kier molecular flexibility index (Phi) is 13.7. The zero-order valence-electron chi connectivity index (χ0n) is 28.9. The highest BCUT2D eigenvalue weighted by Gasteiger charge is 2.27. The smallest absolute Gasteiger partial charge is 0.410 e. The molecule has 0 saturated carbocycles. The number of carbonyl (C=O) groups excluding carboxylic acids is 1. The minimum absolute atomic E-state index is 0.195. The number of amides is 1. The maximum Gasteiger partial charge on any atom is 0.410 e. The summed E-state index contributed by atoms with van der Waals surface area (Å²) in [4.78, 5) is 24.2. The average Bonchev–Trinajstić information content (AvgIpc) is 3.07. The molecule has 0 unspecified atom stereocenters. The molecule has 4 aliphatic heterocycles. The molecule has 4 aliphatic rings. The number of hydrogen-bond acceptors (Lipinski definition) is 7. The number of carbonyl (C=O) groups is 1. The van der Waals surface area contributed by atoms with Crippen LogP contribution in [0.2, 0.25) is 0 Å². The summed E-state index contributed by atoms with van der Waals surface area (Å²) < 4.78 is 7.84. The molecule has 2 aromatic carbocycles. The van der Waals surface area contributed by atoms with Gasteiger partial charge in [-0.05, 0) is 94.7 Å². The molecule has 0 radical (unpaired) electrons. The van der Waals surface area contributed by atoms with Gasteiger partial charge in [-0.2, -0.15) is 0 Å². The highest BCUT2D eigenvalue weighted by atomic mass is 79.9. The summed E-state index contributed by atoms with van der Waals surface area (Å²) in [5.74, 6) is 0. The van der Waals surface area contributed by atoms with E-state index < -0.39 is 5.60 Å². The van der Waals surface area contributed by atoms with Gasteiger partial charge in [0.05, 0.1) is 0 Å². The van der Waals surface area contributed by atoms with Crippen LogP contribution in [0.1, 0.15) is 70.4 Å². The van der Waals surface area contributed by atoms with Crippen LogP contribution in [0.15, 0.2) is 45.3 Å². The van der Waals surface area contributed by atoms with Gasteiger partial charge in [0.2, 0.25) is 0 Å². The van der Waals surface area contributed by atoms with Crippen LogP contribution < -0.4 is 15.1 Å². The molecule has 10 heteroatoms. The number of piperazine rings is 2. The molecular formula is C37H56Br2N6O2. The van der Waals surface area contributed by atoms with E-state index in [-0.39, 0.29) is 6.09 Å². The van der Waals surface area contributed by atoms with Crippen LogP contribution in [0.3, 0.4) is 0 Å². The summed E-state index contributed by atoms with van der Waals surface area (Å²) in [5.41, 5.74) is 5.23. The molecule has 4 fully saturated rings. The van der Waals surface area contributed by atoms with E-state index in [2.05, 4.69) is 93.2 Å². The van der Waals surface area contributed by atoms with Crippen molar-refractivity contribution in [3.05, 3.63) is 56.5 Å². The lowest BCUT2D eigenvalue weighted by molar-refractivity contribution is 0.0139. The lowest BCUT2D eigenvalue weighted by Crippen LogP contribution is -2.49. The molecule has 1 amide bonds. The first kappa shape index (κ1) is 36.4. The summed E-state index contributed by atoms with van der Waals surface area (Å²) in [6.07, 6.45) is 7.75. The molecule has 4 heterocycles. The van der Waals surface area contributed by atoms with Crippen molar-refractivity contribution in [2.45, 2.75) is 78.0 Å². The predicted octanol–water partition coefficient (Wildman–Crippen LogP) is 7.34. The van der Waals surface area contributed by atoms with Crippen molar-refractivity contribution in [3.8, 4) is 0 Å². The highest BCUT2D eigenvalue weighted by molar-refractivity contribution is 9.10. The predicted molar refractivity (Wildman–Crippen MR) is 202 cm³/mol. The zero-order chi connectivity index (χ0) is 33.2. The Bertz CT molecular complexity index is 1280. The minimum atomic E-state index is -0.436. The summed E-state index contributed by atoms with van der Waals surface area (Å²) in [6.45, 7) is 20.3. The molecule has 0 aromatic heterocycles. The largest absolute Gasteiger partial charge is 0.444 e. The summed E-state index contributed by atoms with van der Waals surface area (Å²) in [7, 11) is 0. The van der Waals surface area contributed by atoms with Gasteiger partial charge in [-0.15, -0.1) is 0 Å². The average molecular weight is 777 g/mol. The number of benzene rings is 2. The molecule has 260 valence electrons. The van der Waals surface area contributed by atoms with Crippen molar-refractivity contribution in [2.24, 2.45) is 0 Å². The first-order valence-corrected chi connectivity index (χ1v) is 19.4. The number of rotatable bonds is 6. The molecule has 2 aromatic rings. The number of nitrogens with zero attached hydrogens (tertiary/aromatic N) is 5. The van der Waals surface area contributed by atoms with Crippen LogP contribution in [0.25, 0.3) is 0 Å². The SMILES string of the molecule is Brc1ccc(CN2CCNCC2)c(N2CCCCC2)c1.CC(C)(C)OC(=O)N1CCN(Cc2ccc(Br)cc2N2CCCCC2)CC1. The van der Waals surface area contributed by atoms with Crippen molar-refractivity contribution in [3.63, 3.8) is 0 Å². The van der Waals surface area contributed by atoms with Crippen molar-refractivity contribution < 1.29 is 9.53 Å². The van der Waals surface area contributed by atoms with Gasteiger partial charge >= 0.3 is 6.09 Å². The Balaban J connectivity index is 0.000000193. The van der Waals surface area contributed by atoms with Gasteiger partial charge < -0.3 is 24.8 Å². The van der Waals surface area contributed by atoms with Gasteiger partial charge in [-0.1, -0.05) is 44.0 Å². The molecule has 0 atom stereocenters. The fraction of sp³-hybridized carbons (Fsp3) is 0.649. The molecular weight excluding hydrogens is 720 g/mol. The molecule has 0 aliphatic carbocycles. The molecule has 1 N–H and O–H groups in total. The van der Waals surface area contributed by atoms with E-state index in [0.29, 0.717) is 0 Å². The van der Waals surface area contributed by atoms with E-state index in [4.69, 9.17) is 4.74 Å². The lowest BCUT2D eigenvalue weighted by atomic mass is 10.1. The topological polar surface area (TPSA) is 54.5 Å². The van der Waals surface area contributed by atoms with E-state index in [1.807, 2.05) is 25.7 Å². The van der Waals surface area contributed by atoms with Crippen LogP contribution >= 0.6 is 31.9 Å². The third kappa shape index (κ3) is 11.3. The summed E-state index contributed by atoms with van der Waals surface area (Å²) in [5, 5.41) is 3.43. The van der Waals surface area contributed by atoms with Crippen LogP contribution in [0.4, 0.5) is 16.2 Å². The number of halogens is 2. The van der Waals surface area contributed by atoms with Crippen LogP contribution in [0, 0.1) is 0 Å². The Hall–Kier alpha value is -1.85. The Labute approximate surface area is 300 Å². The van der Waals surface area contributed by atoms with Crippen LogP contribution in [0.5, 0.6) is 0 Å². The van der Waals surface area contributed by atoms with Crippen molar-refractivity contribution in [1.29, 1.82) is 0 Å². The zero-order valence-corrected chi connectivity index (χ0v) is 32.1. The number of piperidine rings is 2. The third-order valence-electron chi connectivity index (χ3n) is 9.51. The van der Waals surface area contributed by atoms with E-state index in [0.717, 1.165) is 83.0 Å². The minimum Gasteiger partial charge on any atom is -0.444 e. The van der Waals surface area contributed by atoms with Gasteiger partial charge in [-0.25, -0.2) is 4.79 Å². The Morgan fingerprint density at radius 2 is 1.11 bits per heavy atom. The van der Waals surface area contributed by atoms with E-state index in [1.165, 1.54) is 78.6 Å². The summed E-state index contributed by atoms with van der Waals surface area (Å²) in [6, 6.07) is 13.4. The Morgan fingerprint density at radius 1 is 0.660 bits per heavy atom. The second kappa shape index (κ2) is 17.7. The molecule has 47 heavy (non-hydrogen) atoms. The number of nitrogens with one attached hydrogen (secondary N) is 1. The third-order valence-corrected chi connectivity index (χ3v) is 10.5. The fourth-order valence-corrected chi connectivity index (χ4v) is 7.66. The van der Waals surface area contributed by atoms with Gasteiger partial charge in [0, 0.05) is 112 Å². The monoisotopic (exact) mass is 774 g/mol. The Morgan fingerprint density at radius 3 is 1.55 bits per heavy atom. The lowest BCUT2D eigenvalue weighted by Gasteiger charge is -2.37. The second-order valence-corrected chi connectivity index (χ2v) is 16.2. The van der Waals surface area contributed by atoms with E-state index >= 15 is 0 Å². The number of anilines is 2. The summed E-state index contributed by atoms with van der Waals surface area (Å²) >= 11 is 7.28. The van der Waals surface area contributed by atoms with Crippen molar-refractivity contribution in [2.75, 3.05) is 88.3 Å². The highest BCUT2D eigenvalue weighted by Crippen LogP contribution is 2.30. The standard InChI is InChI=1S/C21H32BrN3O2.C16H24BrN3/c1-21(2,3)27-20(26)25-13-11-23(12-14-25)16-17-7-8-18(22)15-19(17)24-9-5-4-6-10-24;17-15-5-4-14(13-19-10-6-18-7-11-19)16(12-15)20-8-2-1-3-9-20/h7-8,15H,4-6,9-14,16H2,1-3H3;4-5,12,18H,1-3,6-11,13H2. The maximum absolute atomic E-state index is 12.3. The quantitative estimate of drug-likeness (QED) is 0.330. The molecule has 4 saturated heterocycles. The van der Waals surface area contributed by atoms with Gasteiger partial charge in [0.1, 0.15) is 5.60 Å².